The summed E-state index contributed by atoms with van der Waals surface area (Å²) < 4.78 is 31.8. The minimum absolute atomic E-state index is 0.119. The summed E-state index contributed by atoms with van der Waals surface area (Å²) in [6.45, 7) is 47.1. The van der Waals surface area contributed by atoms with Crippen molar-refractivity contribution in [1.29, 1.82) is 0 Å². The summed E-state index contributed by atoms with van der Waals surface area (Å²) in [4.78, 5) is 4.93. The maximum absolute atomic E-state index is 12.5. The molecule has 7 N–H and O–H groups in total. The SMILES string of the molecule is CC(C)(C)c1ccc(F)cc1.CC(C)(C)c1cccc(O)c1.CC(C)c1ccc(N)cc1.CC(C)c1cccc(N)c1.CC(C)c1ccccc1N.CC(C)c1ccco1.CC(C)c1cccs1.CC(C)c1ccnc(F)c1.CC(C)c1ccsc1.CC(C)c1cnn(C)c1. The Morgan fingerprint density at radius 3 is 1.38 bits per heavy atom. The summed E-state index contributed by atoms with van der Waals surface area (Å²) in [7, 11) is 1.94. The molecular weight excluding hydrogens is 1220 g/mol. The number of phenols is 1. The van der Waals surface area contributed by atoms with Crippen LogP contribution in [-0.4, -0.2) is 19.9 Å². The van der Waals surface area contributed by atoms with Crippen molar-refractivity contribution >= 4 is 39.7 Å². The third kappa shape index (κ3) is 37.8. The van der Waals surface area contributed by atoms with Crippen LogP contribution in [0.4, 0.5) is 25.8 Å². The number of rotatable bonds is 8. The van der Waals surface area contributed by atoms with Crippen molar-refractivity contribution in [3.8, 4) is 5.75 Å². The van der Waals surface area contributed by atoms with Crippen molar-refractivity contribution < 1.29 is 18.3 Å². The Hall–Kier alpha value is -7.80. The van der Waals surface area contributed by atoms with Crippen molar-refractivity contribution in [2.75, 3.05) is 17.2 Å². The van der Waals surface area contributed by atoms with Gasteiger partial charge in [-0.15, -0.1) is 11.3 Å². The standard InChI is InChI=1S/C10H13F.C10H14O.3C9H13N.C8H10FN.C7H12N2.C7H10O.2C7H10S/c1-10(2,3)8-4-6-9(11)7-5-8;1-10(2,3)8-5-4-6-9(11)7-8;1-7(2)8-3-5-9(10)6-4-8;1-7(2)8-4-3-5-9(10)6-8;1-7(2)8-5-3-4-6-9(8)10;1-6(2)7-3-4-10-8(9)5-7;1-6(2)7-4-8-9(3)5-7;1-6(2)7-4-3-5-8-7;1-6(2)7-3-4-8-5-7;1-6(2)7-4-3-5-8-7/h4-7H,1-3H3;4-7,11H,1-3H3;3*3-7H,10H2,1-2H3;3-6H,1-2H3;4-6H,1-3H3;3*3-6H,1-2H3. The molecule has 0 fully saturated rings. The largest absolute Gasteiger partial charge is 0.508 e. The average Bonchev–Trinajstić information content (AvgIpc) is 2.05. The van der Waals surface area contributed by atoms with Gasteiger partial charge in [0.1, 0.15) is 17.3 Å². The molecule has 0 spiro atoms. The van der Waals surface area contributed by atoms with Crippen molar-refractivity contribution in [2.24, 2.45) is 7.05 Å². The molecule has 518 valence electrons. The van der Waals surface area contributed by atoms with E-state index in [4.69, 9.17) is 21.6 Å². The summed E-state index contributed by atoms with van der Waals surface area (Å²) >= 11 is 3.60. The van der Waals surface area contributed by atoms with Crippen LogP contribution in [0.3, 0.4) is 0 Å². The molecule has 5 heterocycles. The average molecular weight is 1330 g/mol. The molecule has 0 saturated carbocycles. The van der Waals surface area contributed by atoms with Crippen LogP contribution in [0.1, 0.15) is 255 Å². The molecule has 10 rings (SSSR count). The zero-order chi connectivity index (χ0) is 72.0. The van der Waals surface area contributed by atoms with Gasteiger partial charge < -0.3 is 26.7 Å². The predicted octanol–water partition coefficient (Wildman–Crippen LogP) is 25.0. The first-order chi connectivity index (χ1) is 44.4. The highest BCUT2D eigenvalue weighted by Gasteiger charge is 2.14. The van der Waals surface area contributed by atoms with Crippen molar-refractivity contribution in [2.45, 2.75) is 210 Å². The van der Waals surface area contributed by atoms with Gasteiger partial charge in [0, 0.05) is 47.3 Å². The number of halogens is 2. The highest BCUT2D eigenvalue weighted by atomic mass is 32.1. The highest BCUT2D eigenvalue weighted by molar-refractivity contribution is 7.10. The van der Waals surface area contributed by atoms with E-state index in [1.807, 2.05) is 140 Å². The highest BCUT2D eigenvalue weighted by Crippen LogP contribution is 2.26. The maximum atomic E-state index is 12.5. The smallest absolute Gasteiger partial charge is 0.213 e. The molecule has 0 aliphatic carbocycles. The number of para-hydroxylation sites is 1. The van der Waals surface area contributed by atoms with Crippen LogP contribution in [0.5, 0.6) is 5.75 Å². The molecule has 5 aromatic heterocycles. The number of hydrogen-bond acceptors (Lipinski definition) is 9. The second-order valence-corrected chi connectivity index (χ2v) is 29.5. The Morgan fingerprint density at radius 1 is 0.474 bits per heavy atom. The number of thiophene rings is 2. The molecule has 0 bridgehead atoms. The van der Waals surface area contributed by atoms with Gasteiger partial charge in [-0.25, -0.2) is 9.37 Å². The van der Waals surface area contributed by atoms with Crippen molar-refractivity contribution in [3.05, 3.63) is 272 Å². The first kappa shape index (κ1) is 85.2. The number of aromatic nitrogens is 3. The van der Waals surface area contributed by atoms with Gasteiger partial charge >= 0.3 is 0 Å². The summed E-state index contributed by atoms with van der Waals surface area (Å²) in [5, 5.41) is 19.7. The lowest BCUT2D eigenvalue weighted by Crippen LogP contribution is -2.10. The third-order valence-electron chi connectivity index (χ3n) is 14.5. The Bertz CT molecular complexity index is 3360. The number of aryl methyl sites for hydroxylation is 1. The van der Waals surface area contributed by atoms with Crippen molar-refractivity contribution in [3.63, 3.8) is 0 Å². The van der Waals surface area contributed by atoms with Gasteiger partial charge in [-0.1, -0.05) is 225 Å². The van der Waals surface area contributed by atoms with E-state index in [9.17, 15) is 13.9 Å². The monoisotopic (exact) mass is 1330 g/mol. The zero-order valence-electron chi connectivity index (χ0n) is 61.8. The van der Waals surface area contributed by atoms with Gasteiger partial charge in [0.2, 0.25) is 5.95 Å². The minimum atomic E-state index is -0.397. The van der Waals surface area contributed by atoms with E-state index in [0.717, 1.165) is 33.9 Å². The molecule has 12 heteroatoms. The predicted molar refractivity (Wildman–Crippen MR) is 412 cm³/mol. The number of hydrogen-bond donors (Lipinski definition) is 4. The summed E-state index contributed by atoms with van der Waals surface area (Å²) in [5.74, 6) is 5.43. The third-order valence-corrected chi connectivity index (χ3v) is 16.3. The molecule has 0 amide bonds. The van der Waals surface area contributed by atoms with Gasteiger partial charge in [-0.05, 0) is 204 Å². The van der Waals surface area contributed by atoms with E-state index in [1.54, 1.807) is 29.7 Å². The molecule has 0 unspecified atom stereocenters. The molecule has 0 aliphatic rings. The molecule has 0 aliphatic heterocycles. The normalized spacial score (nSPS) is 10.7. The summed E-state index contributed by atoms with van der Waals surface area (Å²) in [5.41, 5.74) is 29.6. The lowest BCUT2D eigenvalue weighted by atomic mass is 9.87. The van der Waals surface area contributed by atoms with E-state index >= 15 is 0 Å². The number of furan rings is 1. The molecule has 5 aromatic carbocycles. The maximum Gasteiger partial charge on any atom is 0.213 e. The second kappa shape index (κ2) is 44.8. The van der Waals surface area contributed by atoms with Crippen LogP contribution >= 0.6 is 22.7 Å². The fourth-order valence-corrected chi connectivity index (χ4v) is 9.68. The number of anilines is 3. The molecule has 0 atom stereocenters. The molecule has 0 radical (unpaired) electrons. The van der Waals surface area contributed by atoms with Crippen LogP contribution in [0.15, 0.2) is 209 Å². The number of nitrogen functional groups attached to an aromatic ring is 3. The summed E-state index contributed by atoms with van der Waals surface area (Å²) in [6.07, 6.45) is 7.15. The van der Waals surface area contributed by atoms with Crippen molar-refractivity contribution in [1.82, 2.24) is 14.8 Å². The minimum Gasteiger partial charge on any atom is -0.508 e. The van der Waals surface area contributed by atoms with Crippen LogP contribution < -0.4 is 17.2 Å². The van der Waals surface area contributed by atoms with Gasteiger partial charge in [0.15, 0.2) is 0 Å². The summed E-state index contributed by atoms with van der Waals surface area (Å²) in [6, 6.07) is 51.7. The quantitative estimate of drug-likeness (QED) is 0.0877. The fraction of sp³-hybridized carbons (Fsp3) is 0.398. The van der Waals surface area contributed by atoms with Gasteiger partial charge in [-0.3, -0.25) is 4.68 Å². The molecule has 95 heavy (non-hydrogen) atoms. The van der Waals surface area contributed by atoms with Gasteiger partial charge in [-0.2, -0.15) is 20.8 Å². The Kier molecular flexibility index (Phi) is 40.2. The molecule has 0 saturated heterocycles. The number of benzene rings is 5. The van der Waals surface area contributed by atoms with E-state index < -0.39 is 5.95 Å². The van der Waals surface area contributed by atoms with Gasteiger partial charge in [0.05, 0.1) is 12.5 Å². The second-order valence-electron chi connectivity index (χ2n) is 27.7. The van der Waals surface area contributed by atoms with E-state index in [-0.39, 0.29) is 16.6 Å². The van der Waals surface area contributed by atoms with Crippen LogP contribution in [-0.2, 0) is 17.9 Å². The topological polar surface area (TPSA) is 142 Å². The number of pyridine rings is 1. The van der Waals surface area contributed by atoms with E-state index in [2.05, 4.69) is 207 Å². The van der Waals surface area contributed by atoms with Crippen LogP contribution in [0, 0.1) is 11.8 Å². The van der Waals surface area contributed by atoms with Gasteiger partial charge in [0.25, 0.3) is 0 Å². The number of aromatic hydroxyl groups is 1. The lowest BCUT2D eigenvalue weighted by molar-refractivity contribution is 0.471. The van der Waals surface area contributed by atoms with Crippen LogP contribution in [0.25, 0.3) is 0 Å². The Morgan fingerprint density at radius 2 is 1.04 bits per heavy atom. The molecule has 8 nitrogen and oxygen atoms in total. The zero-order valence-corrected chi connectivity index (χ0v) is 63.4. The molecular formula is C83H118F2N6O2S2. The lowest BCUT2D eigenvalue weighted by Gasteiger charge is -2.18. The van der Waals surface area contributed by atoms with E-state index in [1.165, 1.54) is 62.7 Å². The number of nitrogens with two attached hydrogens (primary N) is 3. The first-order valence-corrected chi connectivity index (χ1v) is 35.0. The number of nitrogens with zero attached hydrogens (tertiary/aromatic N) is 3. The van der Waals surface area contributed by atoms with Crippen LogP contribution in [0.2, 0.25) is 0 Å². The fourth-order valence-electron chi connectivity index (χ4n) is 8.12. The molecule has 10 aromatic rings. The Balaban J connectivity index is 0.000000529. The Labute approximate surface area is 581 Å². The number of phenolic OH excluding ortho intramolecular Hbond substituents is 1. The first-order valence-electron chi connectivity index (χ1n) is 33.2. The van der Waals surface area contributed by atoms with E-state index in [0.29, 0.717) is 53.1 Å².